The van der Waals surface area contributed by atoms with Crippen molar-refractivity contribution in [2.45, 2.75) is 64.2 Å². The van der Waals surface area contributed by atoms with Crippen molar-refractivity contribution in [3.8, 4) is 6.07 Å². The van der Waals surface area contributed by atoms with Crippen LogP contribution in [0.3, 0.4) is 0 Å². The molecule has 1 unspecified atom stereocenters. The molecule has 102 valence electrons. The van der Waals surface area contributed by atoms with E-state index in [0.29, 0.717) is 5.41 Å². The summed E-state index contributed by atoms with van der Waals surface area (Å²) in [5.74, 6) is 0.814. The molecule has 1 aliphatic rings. The van der Waals surface area contributed by atoms with E-state index in [1.54, 1.807) is 0 Å². The van der Waals surface area contributed by atoms with Gasteiger partial charge in [0.2, 0.25) is 0 Å². The van der Waals surface area contributed by atoms with Crippen LogP contribution in [0.1, 0.15) is 69.9 Å². The van der Waals surface area contributed by atoms with Crippen molar-refractivity contribution in [2.24, 2.45) is 5.92 Å². The minimum absolute atomic E-state index is 0.295. The predicted molar refractivity (Wildman–Crippen MR) is 80.0 cm³/mol. The molecule has 0 N–H and O–H groups in total. The predicted octanol–water partition coefficient (Wildman–Crippen LogP) is 5.20. The van der Waals surface area contributed by atoms with Gasteiger partial charge in [0.05, 0.1) is 11.6 Å². The summed E-state index contributed by atoms with van der Waals surface area (Å²) in [6.07, 6.45) is 9.41. The molecule has 2 rings (SSSR count). The first-order valence-corrected chi connectivity index (χ1v) is 7.71. The smallest absolute Gasteiger partial charge is 0.0991 e. The molecular weight excluding hydrogens is 230 g/mol. The highest BCUT2D eigenvalue weighted by atomic mass is 14.4. The Morgan fingerprint density at radius 2 is 1.79 bits per heavy atom. The summed E-state index contributed by atoms with van der Waals surface area (Å²) in [7, 11) is 0. The molecule has 1 fully saturated rings. The molecular formula is C18H25N. The van der Waals surface area contributed by atoms with Crippen molar-refractivity contribution in [2.75, 3.05) is 0 Å². The van der Waals surface area contributed by atoms with Gasteiger partial charge in [-0.15, -0.1) is 0 Å². The number of benzene rings is 1. The topological polar surface area (TPSA) is 23.8 Å². The summed E-state index contributed by atoms with van der Waals surface area (Å²) in [4.78, 5) is 0. The zero-order chi connectivity index (χ0) is 13.7. The fourth-order valence-electron chi connectivity index (χ4n) is 3.77. The van der Waals surface area contributed by atoms with E-state index in [1.165, 1.54) is 50.5 Å². The summed E-state index contributed by atoms with van der Waals surface area (Å²) in [6.45, 7) is 4.72. The minimum atomic E-state index is 0.295. The summed E-state index contributed by atoms with van der Waals surface area (Å²) in [5, 5.41) is 8.93. The molecule has 0 spiro atoms. The molecule has 1 aliphatic carbocycles. The normalized spacial score (nSPS) is 19.6. The van der Waals surface area contributed by atoms with Gasteiger partial charge in [0.15, 0.2) is 0 Å². The van der Waals surface area contributed by atoms with Crippen LogP contribution in [0.2, 0.25) is 0 Å². The van der Waals surface area contributed by atoms with E-state index in [0.717, 1.165) is 11.5 Å². The zero-order valence-electron chi connectivity index (χ0n) is 12.3. The fourth-order valence-corrected chi connectivity index (χ4v) is 3.77. The van der Waals surface area contributed by atoms with Gasteiger partial charge in [-0.2, -0.15) is 5.26 Å². The molecule has 1 saturated carbocycles. The molecule has 1 atom stereocenters. The first-order valence-electron chi connectivity index (χ1n) is 7.71. The first-order chi connectivity index (χ1) is 9.20. The quantitative estimate of drug-likeness (QED) is 0.725. The molecule has 0 heterocycles. The van der Waals surface area contributed by atoms with E-state index in [2.05, 4.69) is 32.0 Å². The van der Waals surface area contributed by atoms with Crippen LogP contribution in [0.25, 0.3) is 0 Å². The van der Waals surface area contributed by atoms with Gasteiger partial charge in [0.1, 0.15) is 0 Å². The summed E-state index contributed by atoms with van der Waals surface area (Å²) in [6, 6.07) is 10.5. The second kappa shape index (κ2) is 6.24. The highest BCUT2D eigenvalue weighted by Gasteiger charge is 2.35. The Hall–Kier alpha value is -1.29. The third-order valence-corrected chi connectivity index (χ3v) is 4.95. The maximum Gasteiger partial charge on any atom is 0.0991 e. The summed E-state index contributed by atoms with van der Waals surface area (Å²) < 4.78 is 0. The van der Waals surface area contributed by atoms with Gasteiger partial charge in [0, 0.05) is 0 Å². The molecule has 0 aromatic heterocycles. The number of nitrogens with zero attached hydrogens (tertiary/aromatic N) is 1. The van der Waals surface area contributed by atoms with Gasteiger partial charge >= 0.3 is 0 Å². The molecule has 19 heavy (non-hydrogen) atoms. The first kappa shape index (κ1) is 14.1. The monoisotopic (exact) mass is 255 g/mol. The van der Waals surface area contributed by atoms with Gasteiger partial charge < -0.3 is 0 Å². The molecule has 1 nitrogen and oxygen atoms in total. The lowest BCUT2D eigenvalue weighted by Gasteiger charge is -2.40. The highest BCUT2D eigenvalue weighted by Crippen LogP contribution is 2.44. The maximum absolute atomic E-state index is 8.93. The lowest BCUT2D eigenvalue weighted by molar-refractivity contribution is 0.204. The van der Waals surface area contributed by atoms with E-state index in [1.807, 2.05) is 12.1 Å². The van der Waals surface area contributed by atoms with Crippen LogP contribution in [0, 0.1) is 17.2 Å². The van der Waals surface area contributed by atoms with Crippen molar-refractivity contribution in [3.05, 3.63) is 35.4 Å². The molecule has 0 aliphatic heterocycles. The van der Waals surface area contributed by atoms with Gasteiger partial charge in [-0.25, -0.2) is 0 Å². The second-order valence-electron chi connectivity index (χ2n) is 6.19. The molecule has 0 bridgehead atoms. The lowest BCUT2D eigenvalue weighted by Crippen LogP contribution is -2.33. The Morgan fingerprint density at radius 3 is 2.32 bits per heavy atom. The maximum atomic E-state index is 8.93. The summed E-state index contributed by atoms with van der Waals surface area (Å²) in [5.41, 5.74) is 2.50. The van der Waals surface area contributed by atoms with E-state index in [9.17, 15) is 0 Å². The molecule has 1 aromatic rings. The standard InChI is InChI=1S/C18H25N/c1-3-13-18(2,16-7-5-4-6-8-16)17-11-9-15(14-19)10-12-17/h9-12,16H,3-8,13H2,1-2H3. The lowest BCUT2D eigenvalue weighted by atomic mass is 9.64. The molecule has 0 amide bonds. The largest absolute Gasteiger partial charge is 0.192 e. The van der Waals surface area contributed by atoms with Crippen LogP contribution >= 0.6 is 0 Å². The van der Waals surface area contributed by atoms with Crippen molar-refractivity contribution in [1.29, 1.82) is 5.26 Å². The second-order valence-corrected chi connectivity index (χ2v) is 6.19. The van der Waals surface area contributed by atoms with Crippen LogP contribution in [-0.4, -0.2) is 0 Å². The van der Waals surface area contributed by atoms with Crippen molar-refractivity contribution < 1.29 is 0 Å². The van der Waals surface area contributed by atoms with Gasteiger partial charge in [0.25, 0.3) is 0 Å². The molecule has 1 aromatic carbocycles. The van der Waals surface area contributed by atoms with Crippen LogP contribution in [0.5, 0.6) is 0 Å². The Bertz CT molecular complexity index is 434. The van der Waals surface area contributed by atoms with E-state index >= 15 is 0 Å². The van der Waals surface area contributed by atoms with Crippen LogP contribution in [0.15, 0.2) is 24.3 Å². The average molecular weight is 255 g/mol. The molecule has 0 saturated heterocycles. The van der Waals surface area contributed by atoms with Gasteiger partial charge in [-0.1, -0.05) is 51.7 Å². The van der Waals surface area contributed by atoms with Crippen LogP contribution in [-0.2, 0) is 5.41 Å². The van der Waals surface area contributed by atoms with Crippen molar-refractivity contribution in [3.63, 3.8) is 0 Å². The highest BCUT2D eigenvalue weighted by molar-refractivity contribution is 5.35. The van der Waals surface area contributed by atoms with Crippen LogP contribution < -0.4 is 0 Å². The van der Waals surface area contributed by atoms with E-state index < -0.39 is 0 Å². The SMILES string of the molecule is CCCC(C)(c1ccc(C#N)cc1)C1CCCCC1. The summed E-state index contributed by atoms with van der Waals surface area (Å²) >= 11 is 0. The number of nitriles is 1. The third-order valence-electron chi connectivity index (χ3n) is 4.95. The minimum Gasteiger partial charge on any atom is -0.192 e. The number of rotatable bonds is 4. The Kier molecular flexibility index (Phi) is 4.64. The number of hydrogen-bond acceptors (Lipinski definition) is 1. The van der Waals surface area contributed by atoms with Gasteiger partial charge in [-0.05, 0) is 48.3 Å². The van der Waals surface area contributed by atoms with Crippen LogP contribution in [0.4, 0.5) is 0 Å². The molecule has 1 heteroatoms. The van der Waals surface area contributed by atoms with E-state index in [-0.39, 0.29) is 0 Å². The fraction of sp³-hybridized carbons (Fsp3) is 0.611. The van der Waals surface area contributed by atoms with Crippen molar-refractivity contribution in [1.82, 2.24) is 0 Å². The zero-order valence-corrected chi connectivity index (χ0v) is 12.3. The molecule has 0 radical (unpaired) electrons. The van der Waals surface area contributed by atoms with E-state index in [4.69, 9.17) is 5.26 Å². The Balaban J connectivity index is 2.28. The average Bonchev–Trinajstić information content (AvgIpc) is 2.48. The Labute approximate surface area is 117 Å². The Morgan fingerprint density at radius 1 is 1.16 bits per heavy atom. The third kappa shape index (κ3) is 3.00. The number of hydrogen-bond donors (Lipinski definition) is 0. The van der Waals surface area contributed by atoms with Gasteiger partial charge in [-0.3, -0.25) is 0 Å². The van der Waals surface area contributed by atoms with Crippen molar-refractivity contribution >= 4 is 0 Å².